The maximum atomic E-state index is 12.9. The standard InChI is InChI=1S/C22H29NO3/c1-2-12-26-22(25)20(13-17-8-4-3-5-9-17)14-21(24)23-15-18-10-6-7-11-19(18)16-23/h3-9,18-20H,2,10-16H2,1H3/t18-,19+,20?. The number of benzene rings is 1. The van der Waals surface area contributed by atoms with Crippen molar-refractivity contribution in [2.45, 2.75) is 39.0 Å². The van der Waals surface area contributed by atoms with E-state index in [0.29, 0.717) is 24.9 Å². The van der Waals surface area contributed by atoms with Gasteiger partial charge < -0.3 is 9.64 Å². The molecular formula is C22H29NO3. The highest BCUT2D eigenvalue weighted by Crippen LogP contribution is 2.33. The molecule has 2 aliphatic rings. The largest absolute Gasteiger partial charge is 0.465 e. The van der Waals surface area contributed by atoms with E-state index in [2.05, 4.69) is 12.2 Å². The van der Waals surface area contributed by atoms with E-state index in [1.165, 1.54) is 0 Å². The van der Waals surface area contributed by atoms with Crippen LogP contribution >= 0.6 is 0 Å². The third-order valence-corrected chi connectivity index (χ3v) is 5.50. The van der Waals surface area contributed by atoms with E-state index in [9.17, 15) is 9.59 Å². The van der Waals surface area contributed by atoms with Gasteiger partial charge in [-0.15, -0.1) is 0 Å². The first-order valence-electron chi connectivity index (χ1n) is 9.80. The lowest BCUT2D eigenvalue weighted by Crippen LogP contribution is -2.33. The van der Waals surface area contributed by atoms with Crippen molar-refractivity contribution in [1.82, 2.24) is 4.90 Å². The zero-order valence-electron chi connectivity index (χ0n) is 15.6. The summed E-state index contributed by atoms with van der Waals surface area (Å²) in [6.07, 6.45) is 8.19. The van der Waals surface area contributed by atoms with Gasteiger partial charge in [0.15, 0.2) is 0 Å². The lowest BCUT2D eigenvalue weighted by molar-refractivity contribution is -0.151. The van der Waals surface area contributed by atoms with Gasteiger partial charge in [-0.25, -0.2) is 0 Å². The number of carbonyl (C=O) groups is 2. The van der Waals surface area contributed by atoms with Crippen molar-refractivity contribution in [3.63, 3.8) is 0 Å². The second kappa shape index (κ2) is 9.02. The average Bonchev–Trinajstić information content (AvgIpc) is 3.10. The quantitative estimate of drug-likeness (QED) is 0.554. The fourth-order valence-corrected chi connectivity index (χ4v) is 4.02. The van der Waals surface area contributed by atoms with Crippen LogP contribution in [0.15, 0.2) is 42.5 Å². The van der Waals surface area contributed by atoms with Crippen LogP contribution in [0.3, 0.4) is 0 Å². The number of amides is 1. The first kappa shape index (κ1) is 18.7. The minimum Gasteiger partial charge on any atom is -0.465 e. The lowest BCUT2D eigenvalue weighted by Gasteiger charge is -2.21. The molecular weight excluding hydrogens is 326 g/mol. The molecule has 4 nitrogen and oxygen atoms in total. The van der Waals surface area contributed by atoms with Crippen LogP contribution in [0, 0.1) is 17.8 Å². The average molecular weight is 355 g/mol. The number of rotatable bonds is 7. The highest BCUT2D eigenvalue weighted by molar-refractivity contribution is 5.83. The van der Waals surface area contributed by atoms with E-state index < -0.39 is 5.92 Å². The minimum absolute atomic E-state index is 0.0915. The number of likely N-dealkylation sites (tertiary alicyclic amines) is 1. The maximum Gasteiger partial charge on any atom is 0.309 e. The number of carbonyl (C=O) groups excluding carboxylic acids is 2. The van der Waals surface area contributed by atoms with E-state index in [1.54, 1.807) is 0 Å². The molecule has 0 radical (unpaired) electrons. The van der Waals surface area contributed by atoms with Crippen molar-refractivity contribution in [2.75, 3.05) is 19.7 Å². The molecule has 0 N–H and O–H groups in total. The minimum atomic E-state index is -0.405. The topological polar surface area (TPSA) is 46.6 Å². The van der Waals surface area contributed by atoms with E-state index in [1.807, 2.05) is 42.2 Å². The summed E-state index contributed by atoms with van der Waals surface area (Å²) in [5.41, 5.74) is 1.07. The summed E-state index contributed by atoms with van der Waals surface area (Å²) in [6, 6.07) is 9.88. The van der Waals surface area contributed by atoms with E-state index >= 15 is 0 Å². The summed E-state index contributed by atoms with van der Waals surface area (Å²) in [6.45, 7) is 4.05. The van der Waals surface area contributed by atoms with Gasteiger partial charge in [-0.3, -0.25) is 9.59 Å². The van der Waals surface area contributed by atoms with Gasteiger partial charge in [0.05, 0.1) is 12.5 Å². The molecule has 0 bridgehead atoms. The van der Waals surface area contributed by atoms with Crippen molar-refractivity contribution >= 4 is 11.9 Å². The van der Waals surface area contributed by atoms with E-state index in [4.69, 9.17) is 4.74 Å². The number of ether oxygens (including phenoxy) is 1. The van der Waals surface area contributed by atoms with E-state index in [-0.39, 0.29) is 18.3 Å². The summed E-state index contributed by atoms with van der Waals surface area (Å²) in [5.74, 6) is 0.612. The Bertz CT molecular complexity index is 624. The lowest BCUT2D eigenvalue weighted by atomic mass is 9.86. The molecule has 1 saturated heterocycles. The summed E-state index contributed by atoms with van der Waals surface area (Å²) in [4.78, 5) is 27.3. The smallest absolute Gasteiger partial charge is 0.309 e. The Kier molecular flexibility index (Phi) is 6.48. The maximum absolute atomic E-state index is 12.9. The normalized spacial score (nSPS) is 22.7. The van der Waals surface area contributed by atoms with Crippen molar-refractivity contribution < 1.29 is 14.3 Å². The molecule has 0 spiro atoms. The molecule has 3 atom stereocenters. The molecule has 1 heterocycles. The molecule has 26 heavy (non-hydrogen) atoms. The van der Waals surface area contributed by atoms with Gasteiger partial charge in [0.25, 0.3) is 0 Å². The molecule has 1 fully saturated rings. The molecule has 0 aromatic heterocycles. The van der Waals surface area contributed by atoms with Crippen LogP contribution in [0.2, 0.25) is 0 Å². The van der Waals surface area contributed by atoms with Crippen LogP contribution in [-0.4, -0.2) is 36.5 Å². The summed E-state index contributed by atoms with van der Waals surface area (Å²) in [5, 5.41) is 0. The Morgan fingerprint density at radius 2 is 1.77 bits per heavy atom. The van der Waals surface area contributed by atoms with Crippen molar-refractivity contribution in [1.29, 1.82) is 0 Å². The fraction of sp³-hybridized carbons (Fsp3) is 0.545. The van der Waals surface area contributed by atoms with Crippen LogP contribution in [0.5, 0.6) is 0 Å². The summed E-state index contributed by atoms with van der Waals surface area (Å²) >= 11 is 0. The van der Waals surface area contributed by atoms with Crippen molar-refractivity contribution in [2.24, 2.45) is 17.8 Å². The first-order chi connectivity index (χ1) is 12.7. The Hall–Kier alpha value is -2.10. The molecule has 3 rings (SSSR count). The SMILES string of the molecule is CCCOC(=O)C(CC(=O)N1C[C@H]2CC=CC[C@H]2C1)Cc1ccccc1. The number of hydrogen-bond acceptors (Lipinski definition) is 3. The third kappa shape index (κ3) is 4.75. The monoisotopic (exact) mass is 355 g/mol. The van der Waals surface area contributed by atoms with Gasteiger partial charge in [0.2, 0.25) is 5.91 Å². The molecule has 0 saturated carbocycles. The zero-order chi connectivity index (χ0) is 18.4. The molecule has 1 aromatic carbocycles. The van der Waals surface area contributed by atoms with Gasteiger partial charge in [0, 0.05) is 19.5 Å². The predicted molar refractivity (Wildman–Crippen MR) is 101 cm³/mol. The molecule has 1 aliphatic carbocycles. The van der Waals surface area contributed by atoms with Crippen LogP contribution in [0.4, 0.5) is 0 Å². The molecule has 1 aromatic rings. The Morgan fingerprint density at radius 3 is 2.38 bits per heavy atom. The van der Waals surface area contributed by atoms with Gasteiger partial charge in [-0.2, -0.15) is 0 Å². The summed E-state index contributed by atoms with van der Waals surface area (Å²) < 4.78 is 5.36. The third-order valence-electron chi connectivity index (χ3n) is 5.50. The molecule has 4 heteroatoms. The Labute approximate surface area is 156 Å². The van der Waals surface area contributed by atoms with Crippen LogP contribution in [0.1, 0.15) is 38.2 Å². The molecule has 1 unspecified atom stereocenters. The number of nitrogens with zero attached hydrogens (tertiary/aromatic N) is 1. The zero-order valence-corrected chi connectivity index (χ0v) is 15.6. The predicted octanol–water partition coefficient (Wildman–Crippen LogP) is 3.61. The Balaban J connectivity index is 1.62. The number of allylic oxidation sites excluding steroid dienone is 2. The second-order valence-electron chi connectivity index (χ2n) is 7.52. The number of esters is 1. The number of fused-ring (bicyclic) bond motifs is 1. The van der Waals surface area contributed by atoms with Crippen LogP contribution in [0.25, 0.3) is 0 Å². The van der Waals surface area contributed by atoms with Gasteiger partial charge >= 0.3 is 5.97 Å². The second-order valence-corrected chi connectivity index (χ2v) is 7.52. The van der Waals surface area contributed by atoms with Crippen molar-refractivity contribution in [3.8, 4) is 0 Å². The molecule has 1 amide bonds. The summed E-state index contributed by atoms with van der Waals surface area (Å²) in [7, 11) is 0. The van der Waals surface area contributed by atoms with Crippen LogP contribution in [-0.2, 0) is 20.7 Å². The van der Waals surface area contributed by atoms with Crippen molar-refractivity contribution in [3.05, 3.63) is 48.0 Å². The van der Waals surface area contributed by atoms with E-state index in [0.717, 1.165) is 37.9 Å². The first-order valence-corrected chi connectivity index (χ1v) is 9.80. The van der Waals surface area contributed by atoms with Gasteiger partial charge in [-0.1, -0.05) is 49.4 Å². The highest BCUT2D eigenvalue weighted by Gasteiger charge is 2.36. The van der Waals surface area contributed by atoms with Crippen LogP contribution < -0.4 is 0 Å². The molecule has 1 aliphatic heterocycles. The Morgan fingerprint density at radius 1 is 1.12 bits per heavy atom. The van der Waals surface area contributed by atoms with Gasteiger partial charge in [-0.05, 0) is 43.1 Å². The number of hydrogen-bond donors (Lipinski definition) is 0. The highest BCUT2D eigenvalue weighted by atomic mass is 16.5. The molecule has 140 valence electrons. The fourth-order valence-electron chi connectivity index (χ4n) is 4.02. The van der Waals surface area contributed by atoms with Gasteiger partial charge in [0.1, 0.15) is 0 Å².